The van der Waals surface area contributed by atoms with Crippen LogP contribution in [0.2, 0.25) is 5.02 Å². The summed E-state index contributed by atoms with van der Waals surface area (Å²) in [6.07, 6.45) is 5.24. The van der Waals surface area contributed by atoms with Crippen LogP contribution in [0.5, 0.6) is 0 Å². The third-order valence-electron chi connectivity index (χ3n) is 13.2. The molecule has 0 saturated carbocycles. The average Bonchev–Trinajstić information content (AvgIpc) is 3.36. The van der Waals surface area contributed by atoms with Crippen LogP contribution in [0.4, 0.5) is 0 Å². The summed E-state index contributed by atoms with van der Waals surface area (Å²) in [5, 5.41) is 8.81. The first kappa shape index (κ1) is 64.9. The van der Waals surface area contributed by atoms with Gasteiger partial charge in [-0.15, -0.1) is 0 Å². The summed E-state index contributed by atoms with van der Waals surface area (Å²) >= 11 is 6.22. The molecule has 1 aliphatic heterocycles. The van der Waals surface area contributed by atoms with Crippen LogP contribution in [0.25, 0.3) is 0 Å². The van der Waals surface area contributed by atoms with Gasteiger partial charge in [-0.2, -0.15) is 0 Å². The maximum Gasteiger partial charge on any atom is 0.334 e. The van der Waals surface area contributed by atoms with E-state index in [0.29, 0.717) is 81.9 Å². The summed E-state index contributed by atoms with van der Waals surface area (Å²) in [6.45, 7) is 17.4. The number of rotatable bonds is 21. The highest BCUT2D eigenvalue weighted by molar-refractivity contribution is 6.30. The third kappa shape index (κ3) is 23.2. The van der Waals surface area contributed by atoms with Gasteiger partial charge in [0.15, 0.2) is 6.10 Å². The summed E-state index contributed by atoms with van der Waals surface area (Å²) in [6, 6.07) is 2.16. The number of carbonyl (C=O) groups excluding carboxylic acids is 8. The first-order valence-electron chi connectivity index (χ1n) is 26.3. The number of esters is 2. The highest BCUT2D eigenvalue weighted by Crippen LogP contribution is 2.24. The Morgan fingerprint density at radius 1 is 0.878 bits per heavy atom. The van der Waals surface area contributed by atoms with Gasteiger partial charge < -0.3 is 50.4 Å². The molecule has 1 aromatic rings. The number of halogens is 1. The average molecular weight is 1060 g/mol. The molecule has 0 fully saturated rings. The molecule has 74 heavy (non-hydrogen) atoms. The number of unbranched alkanes of at least 4 members (excludes halogenated alkanes) is 2. The highest BCUT2D eigenvalue weighted by Gasteiger charge is 2.37. The number of nitrogens with two attached hydrogens (primary N) is 1. The molecule has 0 aliphatic carbocycles. The van der Waals surface area contributed by atoms with Crippen LogP contribution >= 0.6 is 11.6 Å². The van der Waals surface area contributed by atoms with Crippen LogP contribution in [-0.2, 0) is 63.7 Å². The zero-order valence-electron chi connectivity index (χ0n) is 45.9. The minimum atomic E-state index is -1.28. The molecule has 0 aromatic heterocycles. The van der Waals surface area contributed by atoms with Gasteiger partial charge in [0.1, 0.15) is 36.1 Å². The highest BCUT2D eigenvalue weighted by atomic mass is 35.5. The topological polar surface area (TPSA) is 242 Å². The molecule has 0 unspecified atom stereocenters. The Labute approximate surface area is 444 Å². The zero-order chi connectivity index (χ0) is 55.5. The minimum Gasteiger partial charge on any atom is -0.456 e. The maximum atomic E-state index is 14.9. The Kier molecular flexibility index (Phi) is 30.2. The van der Waals surface area contributed by atoms with Crippen molar-refractivity contribution in [1.82, 2.24) is 25.8 Å². The van der Waals surface area contributed by atoms with Crippen molar-refractivity contribution < 1.29 is 57.3 Å². The third-order valence-corrected chi connectivity index (χ3v) is 13.5. The van der Waals surface area contributed by atoms with E-state index in [1.807, 2.05) is 47.6 Å². The van der Waals surface area contributed by atoms with Gasteiger partial charge in [0.05, 0.1) is 33.0 Å². The molecule has 1 heterocycles. The Hall–Kier alpha value is -5.17. The van der Waals surface area contributed by atoms with E-state index >= 15 is 0 Å². The van der Waals surface area contributed by atoms with E-state index in [-0.39, 0.29) is 61.4 Å². The van der Waals surface area contributed by atoms with E-state index in [1.54, 1.807) is 44.2 Å². The van der Waals surface area contributed by atoms with Gasteiger partial charge in [-0.3, -0.25) is 28.8 Å². The van der Waals surface area contributed by atoms with Gasteiger partial charge in [0, 0.05) is 50.5 Å². The number of hydrogen-bond donors (Lipinski definition) is 4. The lowest BCUT2D eigenvalue weighted by atomic mass is 9.93. The number of cyclic esters (lactones) is 2. The smallest absolute Gasteiger partial charge is 0.334 e. The van der Waals surface area contributed by atoms with Crippen LogP contribution in [0, 0.1) is 17.8 Å². The number of amides is 5. The lowest BCUT2D eigenvalue weighted by Gasteiger charge is -2.34. The van der Waals surface area contributed by atoms with E-state index in [1.165, 1.54) is 30.8 Å². The van der Waals surface area contributed by atoms with Crippen molar-refractivity contribution in [2.45, 2.75) is 169 Å². The van der Waals surface area contributed by atoms with Crippen molar-refractivity contribution in [2.75, 3.05) is 53.6 Å². The second-order valence-corrected chi connectivity index (χ2v) is 20.4. The number of carbonyl (C=O) groups is 8. The molecular formula is C55H87ClN6O12. The molecule has 1 aliphatic rings. The van der Waals surface area contributed by atoms with Gasteiger partial charge in [-0.25, -0.2) is 9.59 Å². The predicted octanol–water partition coefficient (Wildman–Crippen LogP) is 5.80. The van der Waals surface area contributed by atoms with Gasteiger partial charge in [0.2, 0.25) is 23.6 Å². The van der Waals surface area contributed by atoms with Crippen LogP contribution < -0.4 is 21.7 Å². The lowest BCUT2D eigenvalue weighted by molar-refractivity contribution is -0.154. The summed E-state index contributed by atoms with van der Waals surface area (Å²) in [5.74, 6) is -5.27. The monoisotopic (exact) mass is 1060 g/mol. The summed E-state index contributed by atoms with van der Waals surface area (Å²) in [5.41, 5.74) is 7.12. The zero-order valence-corrected chi connectivity index (χ0v) is 46.7. The number of ether oxygens (including phenoxy) is 4. The number of ketones is 1. The number of benzene rings is 1. The van der Waals surface area contributed by atoms with E-state index < -0.39 is 84.4 Å². The Bertz CT molecular complexity index is 2050. The molecular weight excluding hydrogens is 972 g/mol. The molecule has 0 spiro atoms. The quantitative estimate of drug-likeness (QED) is 0.0647. The molecule has 0 radical (unpaired) electrons. The van der Waals surface area contributed by atoms with Crippen LogP contribution in [0.3, 0.4) is 0 Å². The molecule has 416 valence electrons. The second-order valence-electron chi connectivity index (χ2n) is 20.0. The largest absolute Gasteiger partial charge is 0.456 e. The first-order chi connectivity index (χ1) is 35.0. The Morgan fingerprint density at radius 3 is 2.16 bits per heavy atom. The number of Topliss-reactive ketones (excluding diaryl/α,β-unsaturated/α-hetero) is 1. The molecule has 0 bridgehead atoms. The molecule has 1 aromatic carbocycles. The molecule has 5 amide bonds. The van der Waals surface area contributed by atoms with Gasteiger partial charge in [0.25, 0.3) is 5.91 Å². The molecule has 0 saturated heterocycles. The van der Waals surface area contributed by atoms with Crippen LogP contribution in [-0.4, -0.2) is 147 Å². The number of hydrogen-bond acceptors (Lipinski definition) is 13. The molecule has 8 atom stereocenters. The normalized spacial score (nSPS) is 24.4. The van der Waals surface area contributed by atoms with Crippen molar-refractivity contribution in [2.24, 2.45) is 23.5 Å². The Morgan fingerprint density at radius 2 is 1.54 bits per heavy atom. The van der Waals surface area contributed by atoms with E-state index in [4.69, 9.17) is 36.3 Å². The van der Waals surface area contributed by atoms with Crippen molar-refractivity contribution in [3.8, 4) is 0 Å². The van der Waals surface area contributed by atoms with Crippen molar-refractivity contribution in [3.05, 3.63) is 58.1 Å². The fourth-order valence-corrected chi connectivity index (χ4v) is 8.38. The summed E-state index contributed by atoms with van der Waals surface area (Å²) in [4.78, 5) is 114. The standard InChI is InChI=1S/C55H87ClN6O12/c1-12-36(5)48-51(66)58-40(9)55(70)74-49(37(6)13-2)38(7)18-17-19-39(8)54(69)73-46(32-35(3)4)50(65)59-44(21-16-14-15-20-43(63)26-28-71-30-31-72-29-27-57)52(67)62(11)45(33-41-22-24-42(56)25-23-41)53(68)61(10)34-47(64)60-48/h13,19,22-25,35-36,38,40,44-46,48-49H,12,14-18,20-21,26-34,57H2,1-11H3,(H,58,66)(H,59,65)(H,60,64)/b37-13+,39-19+/t36-,38+,40-,44+,45-,46-,48+,49-/m1/s1. The summed E-state index contributed by atoms with van der Waals surface area (Å²) in [7, 11) is 2.86. The fourth-order valence-electron chi connectivity index (χ4n) is 8.26. The van der Waals surface area contributed by atoms with E-state index in [9.17, 15) is 38.4 Å². The van der Waals surface area contributed by atoms with Crippen molar-refractivity contribution >= 4 is 58.9 Å². The molecule has 19 heteroatoms. The number of nitrogens with zero attached hydrogens (tertiary/aromatic N) is 2. The fraction of sp³-hybridized carbons (Fsp3) is 0.673. The predicted molar refractivity (Wildman–Crippen MR) is 284 cm³/mol. The van der Waals surface area contributed by atoms with E-state index in [0.717, 1.165) is 5.57 Å². The lowest BCUT2D eigenvalue weighted by Crippen LogP contribution is -2.58. The number of nitrogens with one attached hydrogen (secondary N) is 3. The van der Waals surface area contributed by atoms with Crippen LogP contribution in [0.15, 0.2) is 47.6 Å². The van der Waals surface area contributed by atoms with Crippen LogP contribution in [0.1, 0.15) is 132 Å². The van der Waals surface area contributed by atoms with Gasteiger partial charge in [-0.05, 0) is 101 Å². The van der Waals surface area contributed by atoms with Gasteiger partial charge in [-0.1, -0.05) is 89.8 Å². The SMILES string of the molecule is C/C=C(\C)[C@H]1OC(=O)[C@@H](C)NC(=O)[C@H]([C@H](C)CC)NC(=O)CN(C)C(=O)[C@@H](Cc2ccc(Cl)cc2)N(C)C(=O)[C@H](CCCCCC(=O)CCOCCOCCN)NC(=O)[C@@H](CC(C)C)OC(=O)/C(C)=C/CC[C@@H]1C. The van der Waals surface area contributed by atoms with Crippen molar-refractivity contribution in [1.29, 1.82) is 0 Å². The maximum absolute atomic E-state index is 14.9. The van der Waals surface area contributed by atoms with Crippen molar-refractivity contribution in [3.63, 3.8) is 0 Å². The van der Waals surface area contributed by atoms with E-state index in [2.05, 4.69) is 16.0 Å². The summed E-state index contributed by atoms with van der Waals surface area (Å²) < 4.78 is 22.7. The minimum absolute atomic E-state index is 0.00425. The first-order valence-corrected chi connectivity index (χ1v) is 26.7. The Balaban J connectivity index is 2.62. The molecule has 5 N–H and O–H groups in total. The number of likely N-dealkylation sites (N-methyl/N-ethyl adjacent to an activating group) is 2. The van der Waals surface area contributed by atoms with Gasteiger partial charge >= 0.3 is 11.9 Å². The molecule has 18 nitrogen and oxygen atoms in total. The molecule has 2 rings (SSSR count). The number of allylic oxidation sites excluding steroid dienone is 2. The second kappa shape index (κ2) is 34.4.